The molecule has 148 valence electrons. The van der Waals surface area contributed by atoms with Crippen molar-refractivity contribution in [2.24, 2.45) is 4.99 Å². The second-order valence-electron chi connectivity index (χ2n) is 6.54. The van der Waals surface area contributed by atoms with Crippen LogP contribution in [0, 0.1) is 5.82 Å². The van der Waals surface area contributed by atoms with E-state index in [9.17, 15) is 9.50 Å². The van der Waals surface area contributed by atoms with Gasteiger partial charge in [-0.05, 0) is 43.4 Å². The van der Waals surface area contributed by atoms with Crippen molar-refractivity contribution in [3.8, 4) is 0 Å². The number of fused-ring (bicyclic) bond motifs is 1. The molecule has 1 unspecified atom stereocenters. The average Bonchev–Trinajstić information content (AvgIpc) is 3.04. The number of rotatable bonds is 5. The lowest BCUT2D eigenvalue weighted by atomic mass is 10.0. The van der Waals surface area contributed by atoms with Gasteiger partial charge in [-0.25, -0.2) is 9.37 Å². The van der Waals surface area contributed by atoms with E-state index in [1.807, 2.05) is 11.9 Å². The van der Waals surface area contributed by atoms with Crippen LogP contribution in [0.4, 0.5) is 4.39 Å². The van der Waals surface area contributed by atoms with Crippen molar-refractivity contribution in [1.82, 2.24) is 15.2 Å². The van der Waals surface area contributed by atoms with Gasteiger partial charge in [-0.3, -0.25) is 4.99 Å². The number of hydrogen-bond donors (Lipinski definition) is 2. The average molecular weight is 504 g/mol. The van der Waals surface area contributed by atoms with Gasteiger partial charge in [-0.1, -0.05) is 12.1 Å². The minimum atomic E-state index is -0.803. The van der Waals surface area contributed by atoms with Crippen LogP contribution in [0.3, 0.4) is 0 Å². The topological polar surface area (TPSA) is 60.8 Å². The number of halogens is 2. The van der Waals surface area contributed by atoms with E-state index in [-0.39, 0.29) is 36.3 Å². The number of aliphatic imine (C=N–C) groups is 1. The molecule has 0 saturated heterocycles. The maximum Gasteiger partial charge on any atom is 0.193 e. The molecular formula is C19H26FIN4OS. The van der Waals surface area contributed by atoms with Crippen molar-refractivity contribution in [1.29, 1.82) is 0 Å². The molecule has 1 aliphatic carbocycles. The molecule has 3 rings (SSSR count). The van der Waals surface area contributed by atoms with Crippen LogP contribution in [0.2, 0.25) is 0 Å². The number of aliphatic hydroxyl groups is 1. The Balaban J connectivity index is 0.00000261. The highest BCUT2D eigenvalue weighted by molar-refractivity contribution is 14.0. The lowest BCUT2D eigenvalue weighted by molar-refractivity contribution is 0.179. The highest BCUT2D eigenvalue weighted by Crippen LogP contribution is 2.27. The predicted octanol–water partition coefficient (Wildman–Crippen LogP) is 3.52. The third-order valence-electron chi connectivity index (χ3n) is 4.52. The molecule has 1 aromatic heterocycles. The summed E-state index contributed by atoms with van der Waals surface area (Å²) in [5, 5.41) is 14.5. The predicted molar refractivity (Wildman–Crippen MR) is 118 cm³/mol. The van der Waals surface area contributed by atoms with Crippen LogP contribution >= 0.6 is 35.3 Å². The summed E-state index contributed by atoms with van der Waals surface area (Å²) < 4.78 is 13.3. The van der Waals surface area contributed by atoms with Crippen molar-refractivity contribution < 1.29 is 9.50 Å². The monoisotopic (exact) mass is 504 g/mol. The number of aryl methyl sites for hydroxylation is 2. The highest BCUT2D eigenvalue weighted by atomic mass is 127. The third kappa shape index (κ3) is 5.86. The largest absolute Gasteiger partial charge is 0.387 e. The second kappa shape index (κ2) is 10.3. The molecule has 8 heteroatoms. The van der Waals surface area contributed by atoms with Gasteiger partial charge < -0.3 is 15.3 Å². The summed E-state index contributed by atoms with van der Waals surface area (Å²) in [4.78, 5) is 12.4. The van der Waals surface area contributed by atoms with E-state index in [4.69, 9.17) is 4.98 Å². The number of guanidine groups is 1. The molecule has 2 aromatic rings. The SMILES string of the molecule is CN=C(NCC(O)c1cccc(F)c1)N(C)Cc1nc2c(s1)CCCC2.I. The van der Waals surface area contributed by atoms with Crippen LogP contribution < -0.4 is 5.32 Å². The summed E-state index contributed by atoms with van der Waals surface area (Å²) in [7, 11) is 3.66. The van der Waals surface area contributed by atoms with E-state index in [1.54, 1.807) is 30.5 Å². The standard InChI is InChI=1S/C19H25FN4OS.HI/c1-21-19(22-11-16(25)13-6-5-7-14(20)10-13)24(2)12-18-23-15-8-3-4-9-17(15)26-18;/h5-7,10,16,25H,3-4,8-9,11-12H2,1-2H3,(H,21,22);1H. The fraction of sp³-hybridized carbons (Fsp3) is 0.474. The Labute approximate surface area is 180 Å². The van der Waals surface area contributed by atoms with Crippen LogP contribution in [0.5, 0.6) is 0 Å². The summed E-state index contributed by atoms with van der Waals surface area (Å²) in [6.07, 6.45) is 3.91. The second-order valence-corrected chi connectivity index (χ2v) is 7.71. The molecule has 1 aromatic carbocycles. The van der Waals surface area contributed by atoms with Crippen molar-refractivity contribution in [2.45, 2.75) is 38.3 Å². The first-order valence-corrected chi connectivity index (χ1v) is 9.71. The summed E-state index contributed by atoms with van der Waals surface area (Å²) in [5.74, 6) is 0.324. The Morgan fingerprint density at radius 3 is 2.89 bits per heavy atom. The van der Waals surface area contributed by atoms with Crippen molar-refractivity contribution in [2.75, 3.05) is 20.6 Å². The summed E-state index contributed by atoms with van der Waals surface area (Å²) >= 11 is 1.79. The number of nitrogens with one attached hydrogen (secondary N) is 1. The minimum absolute atomic E-state index is 0. The van der Waals surface area contributed by atoms with Gasteiger partial charge in [0.1, 0.15) is 10.8 Å². The number of aromatic nitrogens is 1. The molecular weight excluding hydrogens is 478 g/mol. The maximum atomic E-state index is 13.3. The number of benzene rings is 1. The van der Waals surface area contributed by atoms with Gasteiger partial charge in [0.15, 0.2) is 5.96 Å². The van der Waals surface area contributed by atoms with Crippen LogP contribution in [0.25, 0.3) is 0 Å². The molecule has 1 heterocycles. The summed E-state index contributed by atoms with van der Waals surface area (Å²) in [5.41, 5.74) is 1.80. The van der Waals surface area contributed by atoms with Crippen LogP contribution in [0.1, 0.15) is 40.1 Å². The van der Waals surface area contributed by atoms with E-state index in [0.29, 0.717) is 18.1 Å². The molecule has 1 atom stereocenters. The Hall–Kier alpha value is -1.26. The fourth-order valence-electron chi connectivity index (χ4n) is 3.16. The van der Waals surface area contributed by atoms with Crippen LogP contribution in [-0.4, -0.2) is 41.6 Å². The first-order chi connectivity index (χ1) is 12.6. The first kappa shape index (κ1) is 22.0. The maximum absolute atomic E-state index is 13.3. The van der Waals surface area contributed by atoms with Crippen LogP contribution in [0.15, 0.2) is 29.3 Å². The van der Waals surface area contributed by atoms with Gasteiger partial charge in [0.05, 0.1) is 18.3 Å². The number of hydrogen-bond acceptors (Lipinski definition) is 4. The van der Waals surface area contributed by atoms with Gasteiger partial charge in [0, 0.05) is 25.5 Å². The zero-order valence-corrected chi connectivity index (χ0v) is 18.8. The third-order valence-corrected chi connectivity index (χ3v) is 5.66. The van der Waals surface area contributed by atoms with Gasteiger partial charge in [0.25, 0.3) is 0 Å². The molecule has 1 aliphatic rings. The Kier molecular flexibility index (Phi) is 8.43. The fourth-order valence-corrected chi connectivity index (χ4v) is 4.37. The van der Waals surface area contributed by atoms with E-state index in [1.165, 1.54) is 35.5 Å². The van der Waals surface area contributed by atoms with Gasteiger partial charge >= 0.3 is 0 Å². The molecule has 0 saturated carbocycles. The van der Waals surface area contributed by atoms with Crippen molar-refractivity contribution >= 4 is 41.3 Å². The lowest BCUT2D eigenvalue weighted by Gasteiger charge is -2.22. The number of aliphatic hydroxyl groups excluding tert-OH is 1. The molecule has 5 nitrogen and oxygen atoms in total. The summed E-state index contributed by atoms with van der Waals surface area (Å²) in [6, 6.07) is 6.02. The molecule has 2 N–H and O–H groups in total. The Morgan fingerprint density at radius 1 is 1.41 bits per heavy atom. The number of nitrogens with zero attached hydrogens (tertiary/aromatic N) is 3. The molecule has 0 aliphatic heterocycles. The molecule has 0 bridgehead atoms. The zero-order valence-electron chi connectivity index (χ0n) is 15.6. The van der Waals surface area contributed by atoms with Crippen LogP contribution in [-0.2, 0) is 19.4 Å². The molecule has 0 spiro atoms. The quantitative estimate of drug-likeness (QED) is 0.372. The van der Waals surface area contributed by atoms with E-state index in [0.717, 1.165) is 17.8 Å². The van der Waals surface area contributed by atoms with Crippen molar-refractivity contribution in [3.63, 3.8) is 0 Å². The Morgan fingerprint density at radius 2 is 2.19 bits per heavy atom. The first-order valence-electron chi connectivity index (χ1n) is 8.89. The van der Waals surface area contributed by atoms with E-state index >= 15 is 0 Å². The molecule has 0 fully saturated rings. The highest BCUT2D eigenvalue weighted by Gasteiger charge is 2.17. The van der Waals surface area contributed by atoms with Gasteiger partial charge in [-0.2, -0.15) is 0 Å². The molecule has 0 radical (unpaired) electrons. The zero-order chi connectivity index (χ0) is 18.5. The Bertz CT molecular complexity index is 759. The van der Waals surface area contributed by atoms with Gasteiger partial charge in [-0.15, -0.1) is 35.3 Å². The lowest BCUT2D eigenvalue weighted by Crippen LogP contribution is -2.40. The normalized spacial score (nSPS) is 14.9. The van der Waals surface area contributed by atoms with Gasteiger partial charge in [0.2, 0.25) is 0 Å². The summed E-state index contributed by atoms with van der Waals surface area (Å²) in [6.45, 7) is 0.933. The van der Waals surface area contributed by atoms with E-state index < -0.39 is 6.10 Å². The number of thiazole rings is 1. The van der Waals surface area contributed by atoms with Crippen molar-refractivity contribution in [3.05, 3.63) is 51.2 Å². The minimum Gasteiger partial charge on any atom is -0.387 e. The molecule has 27 heavy (non-hydrogen) atoms. The smallest absolute Gasteiger partial charge is 0.193 e. The van der Waals surface area contributed by atoms with E-state index in [2.05, 4.69) is 10.3 Å². The molecule has 0 amide bonds.